The van der Waals surface area contributed by atoms with Crippen molar-refractivity contribution in [2.75, 3.05) is 13.7 Å². The number of aryl methyl sites for hydroxylation is 1. The zero-order valence-electron chi connectivity index (χ0n) is 21.0. The van der Waals surface area contributed by atoms with E-state index in [-0.39, 0.29) is 6.42 Å². The predicted molar refractivity (Wildman–Crippen MR) is 126 cm³/mol. The number of nitrogens with one attached hydrogen (secondary N) is 1. The molecule has 1 amide bonds. The van der Waals surface area contributed by atoms with Gasteiger partial charge in [0.25, 0.3) is 0 Å². The van der Waals surface area contributed by atoms with Crippen molar-refractivity contribution in [3.05, 3.63) is 29.8 Å². The Kier molecular flexibility index (Phi) is 9.02. The predicted octanol–water partition coefficient (Wildman–Crippen LogP) is 1.65. The normalized spacial score (nSPS) is 26.0. The number of methoxy groups -OCH3 is 1. The Morgan fingerprint density at radius 1 is 1.08 bits per heavy atom. The van der Waals surface area contributed by atoms with Crippen molar-refractivity contribution in [1.82, 2.24) is 5.32 Å². The van der Waals surface area contributed by atoms with Crippen molar-refractivity contribution in [3.63, 3.8) is 0 Å². The number of thioether (sulfide) groups is 1. The van der Waals surface area contributed by atoms with Gasteiger partial charge in [0.1, 0.15) is 18.8 Å². The topological polar surface area (TPSA) is 153 Å². The molecule has 0 radical (unpaired) electrons. The summed E-state index contributed by atoms with van der Waals surface area (Å²) in [4.78, 5) is 59.8. The van der Waals surface area contributed by atoms with E-state index in [4.69, 9.17) is 28.4 Å². The minimum atomic E-state index is -1.73. The Labute approximate surface area is 217 Å². The molecule has 2 aliphatic heterocycles. The SMILES string of the molecule is COC(=O)[C@]1(Sc2ccc(C)cc2)C[C@@H]2OC(=O)N[C@H]2[C@H]([C@H](OC(C)=O)[C@@H](COC(C)=O)OC(C)=O)O1. The number of hydrogen-bond acceptors (Lipinski definition) is 12. The van der Waals surface area contributed by atoms with Gasteiger partial charge in [0.2, 0.25) is 4.93 Å². The van der Waals surface area contributed by atoms with E-state index in [0.717, 1.165) is 38.1 Å². The van der Waals surface area contributed by atoms with Gasteiger partial charge < -0.3 is 33.7 Å². The fourth-order valence-corrected chi connectivity index (χ4v) is 5.39. The quantitative estimate of drug-likeness (QED) is 0.359. The summed E-state index contributed by atoms with van der Waals surface area (Å²) in [6.07, 6.45) is -5.76. The van der Waals surface area contributed by atoms with Crippen LogP contribution >= 0.6 is 11.8 Å². The van der Waals surface area contributed by atoms with Gasteiger partial charge in [-0.3, -0.25) is 14.4 Å². The van der Waals surface area contributed by atoms with Crippen LogP contribution in [-0.4, -0.2) is 79.1 Å². The number of alkyl carbamates (subject to hydrolysis) is 1. The Bertz CT molecular complexity index is 1050. The van der Waals surface area contributed by atoms with E-state index in [9.17, 15) is 24.0 Å². The lowest BCUT2D eigenvalue weighted by atomic mass is 9.90. The van der Waals surface area contributed by atoms with Gasteiger partial charge in [-0.2, -0.15) is 0 Å². The van der Waals surface area contributed by atoms with Gasteiger partial charge in [-0.05, 0) is 19.1 Å². The zero-order valence-corrected chi connectivity index (χ0v) is 21.8. The van der Waals surface area contributed by atoms with Crippen LogP contribution in [0.1, 0.15) is 32.8 Å². The Morgan fingerprint density at radius 2 is 1.73 bits per heavy atom. The maximum Gasteiger partial charge on any atom is 0.407 e. The number of rotatable bonds is 9. The minimum absolute atomic E-state index is 0.0902. The third-order valence-electron chi connectivity index (χ3n) is 5.65. The summed E-state index contributed by atoms with van der Waals surface area (Å²) in [6.45, 7) is 4.85. The highest BCUT2D eigenvalue weighted by molar-refractivity contribution is 8.01. The number of benzene rings is 1. The summed E-state index contributed by atoms with van der Waals surface area (Å²) < 4.78 is 32.7. The molecule has 2 fully saturated rings. The molecule has 1 aromatic carbocycles. The highest BCUT2D eigenvalue weighted by atomic mass is 32.2. The van der Waals surface area contributed by atoms with Crippen LogP contribution in [0.4, 0.5) is 4.79 Å². The van der Waals surface area contributed by atoms with Crippen molar-refractivity contribution in [2.24, 2.45) is 0 Å². The molecule has 37 heavy (non-hydrogen) atoms. The van der Waals surface area contributed by atoms with Gasteiger partial charge in [0.15, 0.2) is 12.2 Å². The Morgan fingerprint density at radius 3 is 2.30 bits per heavy atom. The number of ether oxygens (including phenoxy) is 6. The van der Waals surface area contributed by atoms with Crippen molar-refractivity contribution in [3.8, 4) is 0 Å². The van der Waals surface area contributed by atoms with E-state index in [1.54, 1.807) is 12.1 Å². The number of amides is 1. The van der Waals surface area contributed by atoms with E-state index in [1.165, 1.54) is 7.11 Å². The van der Waals surface area contributed by atoms with Gasteiger partial charge in [-0.15, -0.1) is 0 Å². The molecular formula is C24H29NO11S. The first-order valence-corrected chi connectivity index (χ1v) is 12.2. The summed E-state index contributed by atoms with van der Waals surface area (Å²) in [7, 11) is 1.19. The first-order chi connectivity index (χ1) is 17.4. The second-order valence-corrected chi connectivity index (χ2v) is 9.92. The van der Waals surface area contributed by atoms with E-state index in [2.05, 4.69) is 5.32 Å². The first kappa shape index (κ1) is 28.3. The molecule has 0 saturated carbocycles. The fourth-order valence-electron chi connectivity index (χ4n) is 4.16. The van der Waals surface area contributed by atoms with Crippen LogP contribution in [0.15, 0.2) is 29.2 Å². The van der Waals surface area contributed by atoms with E-state index in [1.807, 2.05) is 19.1 Å². The summed E-state index contributed by atoms with van der Waals surface area (Å²) >= 11 is 1.04. The number of esters is 4. The number of fused-ring (bicyclic) bond motifs is 1. The molecular weight excluding hydrogens is 510 g/mol. The van der Waals surface area contributed by atoms with E-state index < -0.39 is 72.0 Å². The van der Waals surface area contributed by atoms with Gasteiger partial charge >= 0.3 is 30.0 Å². The summed E-state index contributed by atoms with van der Waals surface area (Å²) in [5.41, 5.74) is 0.998. The molecule has 1 aromatic rings. The maximum absolute atomic E-state index is 13.2. The third-order valence-corrected chi connectivity index (χ3v) is 6.92. The summed E-state index contributed by atoms with van der Waals surface area (Å²) in [6, 6.07) is 6.39. The van der Waals surface area contributed by atoms with Crippen molar-refractivity contribution >= 4 is 41.7 Å². The average molecular weight is 540 g/mol. The van der Waals surface area contributed by atoms with Crippen molar-refractivity contribution < 1.29 is 52.4 Å². The molecule has 13 heteroatoms. The molecule has 2 saturated heterocycles. The van der Waals surface area contributed by atoms with Crippen LogP contribution in [0.5, 0.6) is 0 Å². The van der Waals surface area contributed by atoms with Crippen LogP contribution in [0.2, 0.25) is 0 Å². The standard InChI is InChI=1S/C24H29NO11S/c1-12-6-8-16(9-7-12)37-24(22(29)31-5)10-17-19(25-23(30)35-17)21(36-24)20(34-15(4)28)18(33-14(3)27)11-32-13(2)26/h6-9,17-21H,10-11H2,1-5H3,(H,25,30)/t17-,18+,19+,20+,21+,24+/m0/s1. The molecule has 0 aromatic heterocycles. The van der Waals surface area contributed by atoms with Gasteiger partial charge in [-0.1, -0.05) is 29.5 Å². The Hall–Kier alpha value is -3.32. The second-order valence-electron chi connectivity index (χ2n) is 8.58. The smallest absolute Gasteiger partial charge is 0.407 e. The highest BCUT2D eigenvalue weighted by Gasteiger charge is 2.60. The molecule has 0 bridgehead atoms. The number of carbonyl (C=O) groups excluding carboxylic acids is 5. The molecule has 2 heterocycles. The fraction of sp³-hybridized carbons (Fsp3) is 0.542. The molecule has 3 rings (SSSR count). The molecule has 6 atom stereocenters. The van der Waals surface area contributed by atoms with Crippen molar-refractivity contribution in [1.29, 1.82) is 0 Å². The van der Waals surface area contributed by atoms with Crippen LogP contribution in [0.3, 0.4) is 0 Å². The van der Waals surface area contributed by atoms with Crippen LogP contribution in [0.25, 0.3) is 0 Å². The van der Waals surface area contributed by atoms with Crippen LogP contribution in [-0.2, 0) is 47.6 Å². The average Bonchev–Trinajstić information content (AvgIpc) is 3.20. The monoisotopic (exact) mass is 539 g/mol. The summed E-state index contributed by atoms with van der Waals surface area (Å²) in [5.74, 6) is -2.95. The molecule has 1 N–H and O–H groups in total. The lowest BCUT2D eigenvalue weighted by Gasteiger charge is -2.45. The van der Waals surface area contributed by atoms with Crippen LogP contribution < -0.4 is 5.32 Å². The lowest BCUT2D eigenvalue weighted by molar-refractivity contribution is -0.214. The zero-order chi connectivity index (χ0) is 27.3. The lowest BCUT2D eigenvalue weighted by Crippen LogP contribution is -2.64. The van der Waals surface area contributed by atoms with E-state index in [0.29, 0.717) is 4.90 Å². The molecule has 2 aliphatic rings. The molecule has 0 spiro atoms. The number of hydrogen-bond donors (Lipinski definition) is 1. The second kappa shape index (κ2) is 11.8. The largest absolute Gasteiger partial charge is 0.466 e. The summed E-state index contributed by atoms with van der Waals surface area (Å²) in [5, 5.41) is 2.61. The molecule has 202 valence electrons. The minimum Gasteiger partial charge on any atom is -0.466 e. The van der Waals surface area contributed by atoms with E-state index >= 15 is 0 Å². The maximum atomic E-state index is 13.2. The van der Waals surface area contributed by atoms with Gasteiger partial charge in [0, 0.05) is 32.1 Å². The first-order valence-electron chi connectivity index (χ1n) is 11.4. The molecule has 0 unspecified atom stereocenters. The van der Waals surface area contributed by atoms with Gasteiger partial charge in [-0.25, -0.2) is 9.59 Å². The molecule has 12 nitrogen and oxygen atoms in total. The number of carbonyl (C=O) groups is 5. The van der Waals surface area contributed by atoms with Crippen molar-refractivity contribution in [2.45, 2.75) is 74.4 Å². The van der Waals surface area contributed by atoms with Crippen LogP contribution in [0, 0.1) is 6.92 Å². The highest BCUT2D eigenvalue weighted by Crippen LogP contribution is 2.46. The third kappa shape index (κ3) is 6.92. The van der Waals surface area contributed by atoms with Gasteiger partial charge in [0.05, 0.1) is 13.2 Å². The molecule has 0 aliphatic carbocycles. The Balaban J connectivity index is 2.07.